The van der Waals surface area contributed by atoms with Crippen LogP contribution in [0.5, 0.6) is 0 Å². The van der Waals surface area contributed by atoms with E-state index in [-0.39, 0.29) is 11.3 Å². The van der Waals surface area contributed by atoms with Crippen LogP contribution in [0.25, 0.3) is 0 Å². The van der Waals surface area contributed by atoms with Crippen LogP contribution in [0.15, 0.2) is 0 Å². The van der Waals surface area contributed by atoms with E-state index < -0.39 is 0 Å². The first-order chi connectivity index (χ1) is 5.13. The molecule has 64 valence electrons. The van der Waals surface area contributed by atoms with Gasteiger partial charge in [-0.15, -0.1) is 0 Å². The predicted octanol–water partition coefficient (Wildman–Crippen LogP) is 0.0825. The van der Waals surface area contributed by atoms with E-state index in [0.29, 0.717) is 6.04 Å². The summed E-state index contributed by atoms with van der Waals surface area (Å²) in [5.41, 5.74) is 0. The van der Waals surface area contributed by atoms with Gasteiger partial charge >= 0.3 is 0 Å². The second-order valence-electron chi connectivity index (χ2n) is 3.00. The van der Waals surface area contributed by atoms with Gasteiger partial charge in [0, 0.05) is 19.1 Å². The number of carbonyl (C=O) groups excluding carboxylic acids is 1. The van der Waals surface area contributed by atoms with E-state index in [2.05, 4.69) is 36.7 Å². The molecule has 1 N–H and O–H groups in total. The molecule has 0 bridgehead atoms. The van der Waals surface area contributed by atoms with E-state index in [1.165, 1.54) is 0 Å². The smallest absolute Gasteiger partial charge is 0.247 e. The molecule has 11 heavy (non-hydrogen) atoms. The largest absolute Gasteiger partial charge is 0.353 e. The quantitative estimate of drug-likeness (QED) is 0.552. The van der Waals surface area contributed by atoms with Gasteiger partial charge in [-0.3, -0.25) is 9.69 Å². The number of thiol groups is 1. The molecule has 1 fully saturated rings. The van der Waals surface area contributed by atoms with E-state index in [1.807, 2.05) is 0 Å². The highest BCUT2D eigenvalue weighted by Gasteiger charge is 2.27. The van der Waals surface area contributed by atoms with Crippen molar-refractivity contribution in [2.24, 2.45) is 0 Å². The zero-order valence-corrected chi connectivity index (χ0v) is 7.77. The number of piperazine rings is 1. The van der Waals surface area contributed by atoms with Crippen LogP contribution in [-0.4, -0.2) is 35.3 Å². The van der Waals surface area contributed by atoms with Crippen molar-refractivity contribution in [1.82, 2.24) is 10.2 Å². The second kappa shape index (κ2) is 3.45. The first-order valence-corrected chi connectivity index (χ1v) is 4.36. The van der Waals surface area contributed by atoms with E-state index in [9.17, 15) is 4.79 Å². The van der Waals surface area contributed by atoms with Crippen molar-refractivity contribution >= 4 is 18.5 Å². The minimum atomic E-state index is -0.260. The third kappa shape index (κ3) is 1.87. The Bertz CT molecular complexity index is 161. The van der Waals surface area contributed by atoms with Gasteiger partial charge < -0.3 is 5.32 Å². The highest BCUT2D eigenvalue weighted by molar-refractivity contribution is 7.81. The third-order valence-electron chi connectivity index (χ3n) is 1.88. The van der Waals surface area contributed by atoms with Crippen molar-refractivity contribution in [1.29, 1.82) is 0 Å². The average Bonchev–Trinajstić information content (AvgIpc) is 1.94. The zero-order chi connectivity index (χ0) is 8.43. The van der Waals surface area contributed by atoms with Gasteiger partial charge in [0.25, 0.3) is 0 Å². The third-order valence-corrected chi connectivity index (χ3v) is 2.41. The molecule has 0 saturated carbocycles. The van der Waals surface area contributed by atoms with Crippen molar-refractivity contribution in [3.63, 3.8) is 0 Å². The molecule has 1 aliphatic rings. The normalized spacial score (nSPS) is 27.3. The Labute approximate surface area is 72.5 Å². The first-order valence-electron chi connectivity index (χ1n) is 3.84. The van der Waals surface area contributed by atoms with Crippen molar-refractivity contribution in [3.8, 4) is 0 Å². The van der Waals surface area contributed by atoms with Gasteiger partial charge in [0.15, 0.2) is 0 Å². The number of amides is 1. The van der Waals surface area contributed by atoms with Crippen molar-refractivity contribution in [2.75, 3.05) is 13.1 Å². The molecule has 4 heteroatoms. The molecule has 0 radical (unpaired) electrons. The van der Waals surface area contributed by atoms with Gasteiger partial charge in [-0.2, -0.15) is 12.6 Å². The monoisotopic (exact) mass is 174 g/mol. The molecular weight excluding hydrogens is 160 g/mol. The molecule has 1 amide bonds. The molecule has 1 aliphatic heterocycles. The summed E-state index contributed by atoms with van der Waals surface area (Å²) in [5.74, 6) is 0.0216. The summed E-state index contributed by atoms with van der Waals surface area (Å²) in [6.45, 7) is 5.79. The van der Waals surface area contributed by atoms with Crippen LogP contribution in [0.2, 0.25) is 0 Å². The summed E-state index contributed by atoms with van der Waals surface area (Å²) >= 11 is 4.20. The molecule has 0 aromatic carbocycles. The number of rotatable bonds is 1. The Morgan fingerprint density at radius 2 is 2.36 bits per heavy atom. The van der Waals surface area contributed by atoms with Gasteiger partial charge in [0.1, 0.15) is 5.37 Å². The van der Waals surface area contributed by atoms with Gasteiger partial charge in [0.05, 0.1) is 0 Å². The number of hydrogen-bond donors (Lipinski definition) is 2. The minimum Gasteiger partial charge on any atom is -0.353 e. The summed E-state index contributed by atoms with van der Waals surface area (Å²) in [6, 6.07) is 0.392. The Kier molecular flexibility index (Phi) is 2.78. The van der Waals surface area contributed by atoms with Gasteiger partial charge in [0.2, 0.25) is 5.91 Å². The number of nitrogens with zero attached hydrogens (tertiary/aromatic N) is 1. The minimum absolute atomic E-state index is 0.0216. The van der Waals surface area contributed by atoms with Crippen LogP contribution in [0.4, 0.5) is 0 Å². The molecule has 1 heterocycles. The molecule has 0 aromatic heterocycles. The molecule has 0 aromatic rings. The van der Waals surface area contributed by atoms with E-state index in [1.54, 1.807) is 0 Å². The van der Waals surface area contributed by atoms with E-state index in [0.717, 1.165) is 13.1 Å². The summed E-state index contributed by atoms with van der Waals surface area (Å²) in [4.78, 5) is 13.2. The molecule has 1 unspecified atom stereocenters. The Morgan fingerprint density at radius 1 is 1.73 bits per heavy atom. The molecule has 1 rings (SSSR count). The van der Waals surface area contributed by atoms with E-state index >= 15 is 0 Å². The number of hydrogen-bond acceptors (Lipinski definition) is 3. The number of carbonyl (C=O) groups is 1. The summed E-state index contributed by atoms with van der Waals surface area (Å²) in [7, 11) is 0. The van der Waals surface area contributed by atoms with Crippen LogP contribution < -0.4 is 5.32 Å². The van der Waals surface area contributed by atoms with Crippen LogP contribution in [0, 0.1) is 0 Å². The standard InChI is InChI=1S/C7H14N2OS/c1-5(2)9-4-3-8-6(10)7(9)11/h5,7,11H,3-4H2,1-2H3,(H,8,10). The van der Waals surface area contributed by atoms with Crippen LogP contribution >= 0.6 is 12.6 Å². The molecule has 1 atom stereocenters. The first kappa shape index (κ1) is 8.87. The second-order valence-corrected chi connectivity index (χ2v) is 3.49. The fourth-order valence-electron chi connectivity index (χ4n) is 1.21. The Balaban J connectivity index is 2.58. The fraction of sp³-hybridized carbons (Fsp3) is 0.857. The predicted molar refractivity (Wildman–Crippen MR) is 47.6 cm³/mol. The zero-order valence-electron chi connectivity index (χ0n) is 6.87. The van der Waals surface area contributed by atoms with Crippen molar-refractivity contribution in [2.45, 2.75) is 25.3 Å². The molecular formula is C7H14N2OS. The van der Waals surface area contributed by atoms with E-state index in [4.69, 9.17) is 0 Å². The Morgan fingerprint density at radius 3 is 2.82 bits per heavy atom. The van der Waals surface area contributed by atoms with Crippen LogP contribution in [0.1, 0.15) is 13.8 Å². The fourth-order valence-corrected chi connectivity index (χ4v) is 1.69. The van der Waals surface area contributed by atoms with Crippen molar-refractivity contribution < 1.29 is 4.79 Å². The van der Waals surface area contributed by atoms with Crippen molar-refractivity contribution in [3.05, 3.63) is 0 Å². The maximum absolute atomic E-state index is 11.1. The average molecular weight is 174 g/mol. The molecule has 0 spiro atoms. The SMILES string of the molecule is CC(C)N1CCNC(=O)C1S. The van der Waals surface area contributed by atoms with Crippen LogP contribution in [-0.2, 0) is 4.79 Å². The maximum atomic E-state index is 11.1. The van der Waals surface area contributed by atoms with Gasteiger partial charge in [-0.1, -0.05) is 0 Å². The lowest BCUT2D eigenvalue weighted by Crippen LogP contribution is -2.54. The summed E-state index contributed by atoms with van der Waals surface area (Å²) in [6.07, 6.45) is 0. The number of nitrogens with one attached hydrogen (secondary N) is 1. The highest BCUT2D eigenvalue weighted by Crippen LogP contribution is 2.11. The lowest BCUT2D eigenvalue weighted by molar-refractivity contribution is -0.126. The summed E-state index contributed by atoms with van der Waals surface area (Å²) < 4.78 is 0. The topological polar surface area (TPSA) is 32.3 Å². The molecule has 1 saturated heterocycles. The van der Waals surface area contributed by atoms with Crippen LogP contribution in [0.3, 0.4) is 0 Å². The lowest BCUT2D eigenvalue weighted by atomic mass is 10.2. The summed E-state index contributed by atoms with van der Waals surface area (Å²) in [5, 5.41) is 2.50. The maximum Gasteiger partial charge on any atom is 0.247 e. The highest BCUT2D eigenvalue weighted by atomic mass is 32.1. The van der Waals surface area contributed by atoms with Gasteiger partial charge in [-0.25, -0.2) is 0 Å². The lowest BCUT2D eigenvalue weighted by Gasteiger charge is -2.34. The molecule has 3 nitrogen and oxygen atoms in total. The Hall–Kier alpha value is -0.220. The van der Waals surface area contributed by atoms with Gasteiger partial charge in [-0.05, 0) is 13.8 Å². The molecule has 0 aliphatic carbocycles.